The standard InChI is InChI=1S/C16H20N2S/c1-19-14-7-4-6-13(11-14)18-16-15-8-3-2-5-12(15)9-10-17-16/h2-3,5,8-10,13-14H,4,6-7,11H2,1H3,(H,17,18). The van der Waals surface area contributed by atoms with Gasteiger partial charge in [0.1, 0.15) is 5.82 Å². The van der Waals surface area contributed by atoms with Gasteiger partial charge in [-0.2, -0.15) is 11.8 Å². The molecular formula is C16H20N2S. The second kappa shape index (κ2) is 5.83. The van der Waals surface area contributed by atoms with Crippen molar-refractivity contribution in [3.8, 4) is 0 Å². The minimum absolute atomic E-state index is 0.574. The molecule has 100 valence electrons. The van der Waals surface area contributed by atoms with Crippen LogP contribution in [0.25, 0.3) is 10.8 Å². The highest BCUT2D eigenvalue weighted by atomic mass is 32.2. The van der Waals surface area contributed by atoms with Crippen molar-refractivity contribution in [2.75, 3.05) is 11.6 Å². The molecule has 0 spiro atoms. The maximum atomic E-state index is 4.53. The number of thioether (sulfide) groups is 1. The van der Waals surface area contributed by atoms with Crippen molar-refractivity contribution in [3.63, 3.8) is 0 Å². The number of fused-ring (bicyclic) bond motifs is 1. The largest absolute Gasteiger partial charge is 0.367 e. The van der Waals surface area contributed by atoms with E-state index < -0.39 is 0 Å². The summed E-state index contributed by atoms with van der Waals surface area (Å²) in [6.45, 7) is 0. The molecule has 0 saturated heterocycles. The maximum absolute atomic E-state index is 4.53. The first-order valence-corrected chi connectivity index (χ1v) is 8.28. The molecule has 0 amide bonds. The number of nitrogens with zero attached hydrogens (tertiary/aromatic N) is 1. The summed E-state index contributed by atoms with van der Waals surface area (Å²) < 4.78 is 0. The van der Waals surface area contributed by atoms with Gasteiger partial charge in [-0.15, -0.1) is 0 Å². The summed E-state index contributed by atoms with van der Waals surface area (Å²) in [7, 11) is 0. The first-order chi connectivity index (χ1) is 9.36. The van der Waals surface area contributed by atoms with Gasteiger partial charge in [-0.25, -0.2) is 4.98 Å². The number of hydrogen-bond donors (Lipinski definition) is 1. The lowest BCUT2D eigenvalue weighted by molar-refractivity contribution is 0.473. The van der Waals surface area contributed by atoms with Crippen LogP contribution in [0.3, 0.4) is 0 Å². The Morgan fingerprint density at radius 3 is 3.00 bits per heavy atom. The van der Waals surface area contributed by atoms with E-state index in [-0.39, 0.29) is 0 Å². The lowest BCUT2D eigenvalue weighted by Gasteiger charge is -2.29. The summed E-state index contributed by atoms with van der Waals surface area (Å²) >= 11 is 2.00. The fourth-order valence-electron chi connectivity index (χ4n) is 2.92. The van der Waals surface area contributed by atoms with Crippen LogP contribution >= 0.6 is 11.8 Å². The van der Waals surface area contributed by atoms with Crippen molar-refractivity contribution < 1.29 is 0 Å². The van der Waals surface area contributed by atoms with E-state index in [1.807, 2.05) is 18.0 Å². The number of benzene rings is 1. The molecule has 2 nitrogen and oxygen atoms in total. The van der Waals surface area contributed by atoms with E-state index in [2.05, 4.69) is 46.9 Å². The van der Waals surface area contributed by atoms with Gasteiger partial charge >= 0.3 is 0 Å². The van der Waals surface area contributed by atoms with Gasteiger partial charge in [-0.1, -0.05) is 30.7 Å². The molecule has 1 saturated carbocycles. The molecule has 1 aromatic carbocycles. The lowest BCUT2D eigenvalue weighted by atomic mass is 9.95. The third kappa shape index (κ3) is 2.86. The predicted molar refractivity (Wildman–Crippen MR) is 84.9 cm³/mol. The van der Waals surface area contributed by atoms with Gasteiger partial charge in [-0.05, 0) is 37.0 Å². The van der Waals surface area contributed by atoms with E-state index in [1.54, 1.807) is 0 Å². The second-order valence-corrected chi connectivity index (χ2v) is 6.38. The summed E-state index contributed by atoms with van der Waals surface area (Å²) in [6.07, 6.45) is 9.34. The van der Waals surface area contributed by atoms with Crippen molar-refractivity contribution in [1.82, 2.24) is 4.98 Å². The molecule has 1 aromatic heterocycles. The number of hydrogen-bond acceptors (Lipinski definition) is 3. The Morgan fingerprint density at radius 2 is 2.11 bits per heavy atom. The number of pyridine rings is 1. The van der Waals surface area contributed by atoms with Crippen LogP contribution in [0, 0.1) is 0 Å². The number of aromatic nitrogens is 1. The van der Waals surface area contributed by atoms with Crippen LogP contribution in [0.2, 0.25) is 0 Å². The van der Waals surface area contributed by atoms with Crippen LogP contribution in [0.5, 0.6) is 0 Å². The third-order valence-corrected chi connectivity index (χ3v) is 5.07. The zero-order valence-corrected chi connectivity index (χ0v) is 12.1. The molecule has 3 heteroatoms. The first kappa shape index (κ1) is 12.8. The Bertz CT molecular complexity index is 550. The monoisotopic (exact) mass is 272 g/mol. The second-order valence-electron chi connectivity index (χ2n) is 5.25. The third-order valence-electron chi connectivity index (χ3n) is 3.97. The van der Waals surface area contributed by atoms with Gasteiger partial charge in [0.2, 0.25) is 0 Å². The first-order valence-electron chi connectivity index (χ1n) is 7.00. The van der Waals surface area contributed by atoms with E-state index in [0.717, 1.165) is 11.1 Å². The smallest absolute Gasteiger partial charge is 0.134 e. The fraction of sp³-hybridized carbons (Fsp3) is 0.438. The molecule has 2 unspecified atom stereocenters. The van der Waals surface area contributed by atoms with Crippen LogP contribution in [0.4, 0.5) is 5.82 Å². The summed E-state index contributed by atoms with van der Waals surface area (Å²) in [5.74, 6) is 1.05. The van der Waals surface area contributed by atoms with Crippen molar-refractivity contribution in [3.05, 3.63) is 36.5 Å². The van der Waals surface area contributed by atoms with Crippen molar-refractivity contribution in [1.29, 1.82) is 0 Å². The number of rotatable bonds is 3. The minimum Gasteiger partial charge on any atom is -0.367 e. The highest BCUT2D eigenvalue weighted by Crippen LogP contribution is 2.30. The van der Waals surface area contributed by atoms with Gasteiger partial charge in [0.05, 0.1) is 0 Å². The Kier molecular flexibility index (Phi) is 3.92. The average molecular weight is 272 g/mol. The average Bonchev–Trinajstić information content (AvgIpc) is 2.48. The molecule has 2 atom stereocenters. The minimum atomic E-state index is 0.574. The van der Waals surface area contributed by atoms with E-state index in [4.69, 9.17) is 0 Å². The Morgan fingerprint density at radius 1 is 1.21 bits per heavy atom. The van der Waals surface area contributed by atoms with Gasteiger partial charge in [0.15, 0.2) is 0 Å². The van der Waals surface area contributed by atoms with Gasteiger partial charge in [0, 0.05) is 22.9 Å². The van der Waals surface area contributed by atoms with E-state index in [0.29, 0.717) is 6.04 Å². The van der Waals surface area contributed by atoms with E-state index >= 15 is 0 Å². The highest BCUT2D eigenvalue weighted by molar-refractivity contribution is 7.99. The van der Waals surface area contributed by atoms with Crippen LogP contribution in [0.1, 0.15) is 25.7 Å². The summed E-state index contributed by atoms with van der Waals surface area (Å²) in [6, 6.07) is 11.1. The summed E-state index contributed by atoms with van der Waals surface area (Å²) in [5.41, 5.74) is 0. The predicted octanol–water partition coefficient (Wildman–Crippen LogP) is 4.32. The molecule has 0 aliphatic heterocycles. The molecule has 1 N–H and O–H groups in total. The quantitative estimate of drug-likeness (QED) is 0.900. The molecule has 2 aromatic rings. The van der Waals surface area contributed by atoms with Gasteiger partial charge < -0.3 is 5.32 Å². The maximum Gasteiger partial charge on any atom is 0.134 e. The summed E-state index contributed by atoms with van der Waals surface area (Å²) in [5, 5.41) is 6.96. The van der Waals surface area contributed by atoms with E-state index in [1.165, 1.54) is 36.5 Å². The molecule has 0 radical (unpaired) electrons. The zero-order chi connectivity index (χ0) is 13.1. The normalized spacial score (nSPS) is 23.4. The number of anilines is 1. The molecular weight excluding hydrogens is 252 g/mol. The van der Waals surface area contributed by atoms with Crippen LogP contribution in [-0.2, 0) is 0 Å². The molecule has 1 fully saturated rings. The Labute approximate surface area is 119 Å². The highest BCUT2D eigenvalue weighted by Gasteiger charge is 2.21. The molecule has 3 rings (SSSR count). The Balaban J connectivity index is 1.81. The molecule has 1 heterocycles. The Hall–Kier alpha value is -1.22. The van der Waals surface area contributed by atoms with Gasteiger partial charge in [0.25, 0.3) is 0 Å². The van der Waals surface area contributed by atoms with Crippen molar-refractivity contribution in [2.45, 2.75) is 37.0 Å². The van der Waals surface area contributed by atoms with E-state index in [9.17, 15) is 0 Å². The SMILES string of the molecule is CSC1CCCC(Nc2nccc3ccccc23)C1. The molecule has 1 aliphatic carbocycles. The molecule has 1 aliphatic rings. The topological polar surface area (TPSA) is 24.9 Å². The van der Waals surface area contributed by atoms with Crippen LogP contribution in [-0.4, -0.2) is 22.5 Å². The van der Waals surface area contributed by atoms with Crippen LogP contribution < -0.4 is 5.32 Å². The molecule has 0 bridgehead atoms. The molecule has 19 heavy (non-hydrogen) atoms. The number of nitrogens with one attached hydrogen (secondary N) is 1. The van der Waals surface area contributed by atoms with Gasteiger partial charge in [-0.3, -0.25) is 0 Å². The fourth-order valence-corrected chi connectivity index (χ4v) is 3.75. The lowest BCUT2D eigenvalue weighted by Crippen LogP contribution is -2.28. The van der Waals surface area contributed by atoms with Crippen LogP contribution in [0.15, 0.2) is 36.5 Å². The zero-order valence-electron chi connectivity index (χ0n) is 11.3. The van der Waals surface area contributed by atoms with Crippen molar-refractivity contribution in [2.24, 2.45) is 0 Å². The summed E-state index contributed by atoms with van der Waals surface area (Å²) in [4.78, 5) is 4.53. The van der Waals surface area contributed by atoms with Crippen molar-refractivity contribution >= 4 is 28.4 Å².